The highest BCUT2D eigenvalue weighted by Crippen LogP contribution is 2.29. The zero-order valence-electron chi connectivity index (χ0n) is 18.1. The topological polar surface area (TPSA) is 71.0 Å². The molecule has 2 aromatic carbocycles. The minimum absolute atomic E-state index is 0.0415. The third-order valence-corrected chi connectivity index (χ3v) is 5.35. The fraction of sp³-hybridized carbons (Fsp3) is 0.458. The highest BCUT2D eigenvalue weighted by atomic mass is 16.5. The molecule has 1 atom stereocenters. The van der Waals surface area contributed by atoms with E-state index < -0.39 is 0 Å². The predicted molar refractivity (Wildman–Crippen MR) is 117 cm³/mol. The van der Waals surface area contributed by atoms with Gasteiger partial charge in [0.1, 0.15) is 0 Å². The Hall–Kier alpha value is -2.57. The number of methoxy groups -OCH3 is 1. The van der Waals surface area contributed by atoms with Gasteiger partial charge in [0.05, 0.1) is 19.3 Å². The number of phenols is 1. The molecule has 30 heavy (non-hydrogen) atoms. The standard InChI is InChI=1S/C24H32N2O4/c1-17(2)30-12-6-11-25-24(28)21-14-19-7-4-5-8-20(19)16-26(21)15-18-9-10-22(27)23(13-18)29-3/h4-5,7-10,13,17,21,27H,6,11-12,14-16H2,1-3H3,(H,25,28). The van der Waals surface area contributed by atoms with Crippen molar-refractivity contribution in [1.82, 2.24) is 10.2 Å². The molecule has 0 aromatic heterocycles. The number of nitrogens with zero attached hydrogens (tertiary/aromatic N) is 1. The Labute approximate surface area is 178 Å². The molecular weight excluding hydrogens is 380 g/mol. The number of carbonyl (C=O) groups is 1. The van der Waals surface area contributed by atoms with E-state index in [-0.39, 0.29) is 23.8 Å². The number of aromatic hydroxyl groups is 1. The molecule has 1 amide bonds. The molecule has 0 saturated heterocycles. The first-order chi connectivity index (χ1) is 14.5. The van der Waals surface area contributed by atoms with Crippen LogP contribution in [0.25, 0.3) is 0 Å². The molecule has 1 heterocycles. The summed E-state index contributed by atoms with van der Waals surface area (Å²) in [6, 6.07) is 13.4. The van der Waals surface area contributed by atoms with Crippen LogP contribution >= 0.6 is 0 Å². The van der Waals surface area contributed by atoms with Gasteiger partial charge in [-0.3, -0.25) is 9.69 Å². The lowest BCUT2D eigenvalue weighted by Crippen LogP contribution is -2.50. The molecule has 0 spiro atoms. The van der Waals surface area contributed by atoms with E-state index in [2.05, 4.69) is 22.3 Å². The first kappa shape index (κ1) is 22.1. The number of phenolic OH excluding ortho intramolecular Hbond substituents is 1. The van der Waals surface area contributed by atoms with Crippen LogP contribution < -0.4 is 10.1 Å². The van der Waals surface area contributed by atoms with E-state index >= 15 is 0 Å². The van der Waals surface area contributed by atoms with Crippen LogP contribution in [0.1, 0.15) is 37.0 Å². The van der Waals surface area contributed by atoms with E-state index in [0.717, 1.165) is 12.0 Å². The first-order valence-corrected chi connectivity index (χ1v) is 10.5. The zero-order chi connectivity index (χ0) is 21.5. The maximum atomic E-state index is 13.0. The van der Waals surface area contributed by atoms with Gasteiger partial charge in [0, 0.05) is 26.2 Å². The molecular formula is C24H32N2O4. The molecule has 0 radical (unpaired) electrons. The van der Waals surface area contributed by atoms with E-state index in [4.69, 9.17) is 9.47 Å². The van der Waals surface area contributed by atoms with Gasteiger partial charge in [0.2, 0.25) is 5.91 Å². The molecule has 0 bridgehead atoms. The van der Waals surface area contributed by atoms with E-state index in [0.29, 0.717) is 38.4 Å². The number of rotatable bonds is 9. The summed E-state index contributed by atoms with van der Waals surface area (Å²) in [5.41, 5.74) is 3.46. The molecule has 6 nitrogen and oxygen atoms in total. The molecule has 0 saturated carbocycles. The van der Waals surface area contributed by atoms with Crippen LogP contribution in [0.4, 0.5) is 0 Å². The van der Waals surface area contributed by atoms with Crippen LogP contribution in [0.3, 0.4) is 0 Å². The average molecular weight is 413 g/mol. The second kappa shape index (κ2) is 10.5. The molecule has 0 fully saturated rings. The van der Waals surface area contributed by atoms with Crippen molar-refractivity contribution >= 4 is 5.91 Å². The summed E-state index contributed by atoms with van der Waals surface area (Å²) in [7, 11) is 1.54. The molecule has 0 aliphatic carbocycles. The molecule has 1 aliphatic heterocycles. The monoisotopic (exact) mass is 412 g/mol. The second-order valence-electron chi connectivity index (χ2n) is 7.96. The van der Waals surface area contributed by atoms with Gasteiger partial charge in [0.25, 0.3) is 0 Å². The van der Waals surface area contributed by atoms with Gasteiger partial charge < -0.3 is 19.9 Å². The quantitative estimate of drug-likeness (QED) is 0.619. The Morgan fingerprint density at radius 3 is 2.73 bits per heavy atom. The van der Waals surface area contributed by atoms with Crippen LogP contribution in [0, 0.1) is 0 Å². The Morgan fingerprint density at radius 2 is 2.00 bits per heavy atom. The van der Waals surface area contributed by atoms with Crippen molar-refractivity contribution in [1.29, 1.82) is 0 Å². The number of nitrogens with one attached hydrogen (secondary N) is 1. The lowest BCUT2D eigenvalue weighted by Gasteiger charge is -2.36. The van der Waals surface area contributed by atoms with Gasteiger partial charge in [-0.05, 0) is 55.5 Å². The Bertz CT molecular complexity index is 853. The van der Waals surface area contributed by atoms with Crippen molar-refractivity contribution < 1.29 is 19.4 Å². The Morgan fingerprint density at radius 1 is 1.23 bits per heavy atom. The van der Waals surface area contributed by atoms with E-state index in [1.54, 1.807) is 6.07 Å². The number of carbonyl (C=O) groups excluding carboxylic acids is 1. The van der Waals surface area contributed by atoms with E-state index in [1.165, 1.54) is 18.2 Å². The van der Waals surface area contributed by atoms with Gasteiger partial charge in [-0.2, -0.15) is 0 Å². The number of ether oxygens (including phenoxy) is 2. The average Bonchev–Trinajstić information content (AvgIpc) is 2.74. The van der Waals surface area contributed by atoms with Crippen LogP contribution in [-0.2, 0) is 29.0 Å². The number of fused-ring (bicyclic) bond motifs is 1. The Balaban J connectivity index is 1.70. The molecule has 2 aromatic rings. The van der Waals surface area contributed by atoms with Gasteiger partial charge in [-0.25, -0.2) is 0 Å². The molecule has 2 N–H and O–H groups in total. The summed E-state index contributed by atoms with van der Waals surface area (Å²) in [4.78, 5) is 15.2. The van der Waals surface area contributed by atoms with Gasteiger partial charge in [0.15, 0.2) is 11.5 Å². The molecule has 162 valence electrons. The number of hydrogen-bond acceptors (Lipinski definition) is 5. The number of benzene rings is 2. The highest BCUT2D eigenvalue weighted by molar-refractivity contribution is 5.82. The second-order valence-corrected chi connectivity index (χ2v) is 7.96. The molecule has 3 rings (SSSR count). The van der Waals surface area contributed by atoms with Crippen molar-refractivity contribution in [2.45, 2.75) is 51.9 Å². The smallest absolute Gasteiger partial charge is 0.237 e. The minimum atomic E-state index is -0.245. The normalized spacial score (nSPS) is 16.3. The number of hydrogen-bond donors (Lipinski definition) is 2. The maximum absolute atomic E-state index is 13.0. The fourth-order valence-corrected chi connectivity index (χ4v) is 3.78. The minimum Gasteiger partial charge on any atom is -0.504 e. The summed E-state index contributed by atoms with van der Waals surface area (Å²) >= 11 is 0. The van der Waals surface area contributed by atoms with Crippen LogP contribution in [0.15, 0.2) is 42.5 Å². The van der Waals surface area contributed by atoms with Gasteiger partial charge >= 0.3 is 0 Å². The lowest BCUT2D eigenvalue weighted by molar-refractivity contribution is -0.127. The molecule has 6 heteroatoms. The van der Waals surface area contributed by atoms with Crippen molar-refractivity contribution in [3.63, 3.8) is 0 Å². The summed E-state index contributed by atoms with van der Waals surface area (Å²) in [5, 5.41) is 13.0. The largest absolute Gasteiger partial charge is 0.504 e. The van der Waals surface area contributed by atoms with Crippen LogP contribution in [-0.4, -0.2) is 48.3 Å². The van der Waals surface area contributed by atoms with Gasteiger partial charge in [-0.1, -0.05) is 30.3 Å². The van der Waals surface area contributed by atoms with Crippen LogP contribution in [0.5, 0.6) is 11.5 Å². The maximum Gasteiger partial charge on any atom is 0.237 e. The van der Waals surface area contributed by atoms with Crippen molar-refractivity contribution in [2.24, 2.45) is 0 Å². The zero-order valence-corrected chi connectivity index (χ0v) is 18.1. The Kier molecular flexibility index (Phi) is 7.71. The first-order valence-electron chi connectivity index (χ1n) is 10.5. The highest BCUT2D eigenvalue weighted by Gasteiger charge is 2.31. The van der Waals surface area contributed by atoms with Crippen molar-refractivity contribution in [3.05, 3.63) is 59.2 Å². The van der Waals surface area contributed by atoms with E-state index in [1.807, 2.05) is 38.1 Å². The van der Waals surface area contributed by atoms with Crippen molar-refractivity contribution in [3.8, 4) is 11.5 Å². The third-order valence-electron chi connectivity index (χ3n) is 5.35. The van der Waals surface area contributed by atoms with Crippen LogP contribution in [0.2, 0.25) is 0 Å². The SMILES string of the molecule is COc1cc(CN2Cc3ccccc3CC2C(=O)NCCCOC(C)C)ccc1O. The molecule has 1 unspecified atom stereocenters. The predicted octanol–water partition coefficient (Wildman–Crippen LogP) is 3.26. The summed E-state index contributed by atoms with van der Waals surface area (Å²) < 4.78 is 10.8. The molecule has 1 aliphatic rings. The fourth-order valence-electron chi connectivity index (χ4n) is 3.78. The van der Waals surface area contributed by atoms with Gasteiger partial charge in [-0.15, -0.1) is 0 Å². The third kappa shape index (κ3) is 5.74. The summed E-state index contributed by atoms with van der Waals surface area (Å²) in [6.07, 6.45) is 1.68. The van der Waals surface area contributed by atoms with Crippen molar-refractivity contribution in [2.75, 3.05) is 20.3 Å². The summed E-state index contributed by atoms with van der Waals surface area (Å²) in [6.45, 7) is 6.56. The van der Waals surface area contributed by atoms with E-state index in [9.17, 15) is 9.90 Å². The lowest BCUT2D eigenvalue weighted by atomic mass is 9.93. The summed E-state index contributed by atoms with van der Waals surface area (Å²) in [5.74, 6) is 0.596. The number of amides is 1.